The third-order valence-corrected chi connectivity index (χ3v) is 1.73. The third kappa shape index (κ3) is 2.16. The highest BCUT2D eigenvalue weighted by molar-refractivity contribution is 7.77. The first-order chi connectivity index (χ1) is 4.18. The van der Waals surface area contributed by atoms with Crippen molar-refractivity contribution in [1.29, 1.82) is 0 Å². The van der Waals surface area contributed by atoms with Crippen molar-refractivity contribution in [1.82, 2.24) is 4.31 Å². The summed E-state index contributed by atoms with van der Waals surface area (Å²) in [7, 11) is 0. The van der Waals surface area contributed by atoms with Crippen LogP contribution < -0.4 is 0 Å². The lowest BCUT2D eigenvalue weighted by molar-refractivity contribution is -0.0408. The number of morpholine rings is 1. The smallest absolute Gasteiger partial charge is 0.0687 e. The summed E-state index contributed by atoms with van der Waals surface area (Å²) in [6.07, 6.45) is 0.678. The highest BCUT2D eigenvalue weighted by Gasteiger charge is 2.19. The second-order valence-electron chi connectivity index (χ2n) is 2.63. The molecule has 1 aliphatic heterocycles. The summed E-state index contributed by atoms with van der Waals surface area (Å²) in [5, 5.41) is 0. The van der Waals surface area contributed by atoms with Gasteiger partial charge in [0.05, 0.1) is 12.2 Å². The fraction of sp³-hybridized carbons (Fsp3) is 1.00. The van der Waals surface area contributed by atoms with Crippen LogP contribution in [0.3, 0.4) is 0 Å². The van der Waals surface area contributed by atoms with Crippen molar-refractivity contribution in [3.05, 3.63) is 0 Å². The average molecular weight is 147 g/mol. The molecule has 0 spiro atoms. The zero-order chi connectivity index (χ0) is 6.85. The van der Waals surface area contributed by atoms with E-state index in [4.69, 9.17) is 4.74 Å². The second kappa shape index (κ2) is 2.90. The number of ether oxygens (including phenoxy) is 1. The normalized spacial score (nSPS) is 39.0. The van der Waals surface area contributed by atoms with Crippen LogP contribution in [0.1, 0.15) is 13.8 Å². The first-order valence-corrected chi connectivity index (χ1v) is 3.68. The summed E-state index contributed by atoms with van der Waals surface area (Å²) in [6, 6.07) is 0. The number of rotatable bonds is 0. The van der Waals surface area contributed by atoms with Crippen molar-refractivity contribution in [2.24, 2.45) is 0 Å². The maximum Gasteiger partial charge on any atom is 0.0687 e. The molecule has 1 saturated heterocycles. The number of thiol groups is 1. The van der Waals surface area contributed by atoms with Crippen molar-refractivity contribution in [3.63, 3.8) is 0 Å². The van der Waals surface area contributed by atoms with Gasteiger partial charge in [-0.15, -0.1) is 0 Å². The van der Waals surface area contributed by atoms with Gasteiger partial charge in [-0.2, -0.15) is 0 Å². The van der Waals surface area contributed by atoms with E-state index in [0.29, 0.717) is 12.2 Å². The van der Waals surface area contributed by atoms with Crippen LogP contribution in [0.4, 0.5) is 0 Å². The molecule has 0 aliphatic carbocycles. The summed E-state index contributed by atoms with van der Waals surface area (Å²) in [6.45, 7) is 6.01. The summed E-state index contributed by atoms with van der Waals surface area (Å²) in [5.74, 6) is 0. The van der Waals surface area contributed by atoms with Gasteiger partial charge in [-0.05, 0) is 13.8 Å². The molecule has 0 amide bonds. The SMILES string of the molecule is CC1CN(S)CC(C)O1. The lowest BCUT2D eigenvalue weighted by atomic mass is 10.3. The van der Waals surface area contributed by atoms with E-state index in [9.17, 15) is 0 Å². The molecule has 0 N–H and O–H groups in total. The van der Waals surface area contributed by atoms with Crippen LogP contribution in [0.25, 0.3) is 0 Å². The third-order valence-electron chi connectivity index (χ3n) is 1.40. The molecule has 2 unspecified atom stereocenters. The Hall–Kier alpha value is 0.270. The lowest BCUT2D eigenvalue weighted by Crippen LogP contribution is -2.40. The molecule has 0 bridgehead atoms. The van der Waals surface area contributed by atoms with Crippen molar-refractivity contribution in [2.75, 3.05) is 13.1 Å². The maximum atomic E-state index is 5.47. The van der Waals surface area contributed by atoms with Crippen LogP contribution in [0.5, 0.6) is 0 Å². The molecule has 3 heteroatoms. The quantitative estimate of drug-likeness (QED) is 0.512. The minimum atomic E-state index is 0.339. The maximum absolute atomic E-state index is 5.47. The Bertz CT molecular complexity index is 74.0. The van der Waals surface area contributed by atoms with Crippen LogP contribution in [-0.4, -0.2) is 29.6 Å². The van der Waals surface area contributed by atoms with Gasteiger partial charge in [0, 0.05) is 13.1 Å². The van der Waals surface area contributed by atoms with E-state index in [0.717, 1.165) is 13.1 Å². The molecule has 0 aromatic rings. The van der Waals surface area contributed by atoms with E-state index in [1.54, 1.807) is 0 Å². The molecule has 9 heavy (non-hydrogen) atoms. The van der Waals surface area contributed by atoms with Crippen LogP contribution in [0, 0.1) is 0 Å². The lowest BCUT2D eigenvalue weighted by Gasteiger charge is -2.31. The van der Waals surface area contributed by atoms with Gasteiger partial charge in [-0.25, -0.2) is 4.31 Å². The zero-order valence-electron chi connectivity index (χ0n) is 5.87. The van der Waals surface area contributed by atoms with Crippen molar-refractivity contribution >= 4 is 12.8 Å². The zero-order valence-corrected chi connectivity index (χ0v) is 6.77. The molecule has 1 heterocycles. The highest BCUT2D eigenvalue weighted by atomic mass is 32.1. The monoisotopic (exact) mass is 147 g/mol. The van der Waals surface area contributed by atoms with Crippen LogP contribution >= 0.6 is 12.8 Å². The number of nitrogens with zero attached hydrogens (tertiary/aromatic N) is 1. The summed E-state index contributed by atoms with van der Waals surface area (Å²) >= 11 is 4.23. The molecule has 2 atom stereocenters. The molecule has 54 valence electrons. The predicted molar refractivity (Wildman–Crippen MR) is 40.6 cm³/mol. The largest absolute Gasteiger partial charge is 0.373 e. The Kier molecular flexibility index (Phi) is 2.38. The van der Waals surface area contributed by atoms with E-state index in [1.165, 1.54) is 0 Å². The van der Waals surface area contributed by atoms with Crippen molar-refractivity contribution in [3.8, 4) is 0 Å². The molecule has 1 rings (SSSR count). The molecule has 0 aromatic heterocycles. The van der Waals surface area contributed by atoms with Gasteiger partial charge in [0.15, 0.2) is 0 Å². The molecular weight excluding hydrogens is 134 g/mol. The molecule has 1 fully saturated rings. The summed E-state index contributed by atoms with van der Waals surface area (Å²) < 4.78 is 7.46. The standard InChI is InChI=1S/C6H13NOS/c1-5-3-7(9)4-6(2)8-5/h5-6,9H,3-4H2,1-2H3. The van der Waals surface area contributed by atoms with E-state index >= 15 is 0 Å². The average Bonchev–Trinajstić information content (AvgIpc) is 1.59. The fourth-order valence-electron chi connectivity index (χ4n) is 1.15. The van der Waals surface area contributed by atoms with Gasteiger partial charge >= 0.3 is 0 Å². The van der Waals surface area contributed by atoms with Gasteiger partial charge in [-0.3, -0.25) is 0 Å². The Labute approximate surface area is 61.7 Å². The molecular formula is C6H13NOS. The van der Waals surface area contributed by atoms with E-state index in [1.807, 2.05) is 4.31 Å². The highest BCUT2D eigenvalue weighted by Crippen LogP contribution is 2.11. The molecule has 1 aliphatic rings. The molecule has 0 aromatic carbocycles. The minimum Gasteiger partial charge on any atom is -0.373 e. The van der Waals surface area contributed by atoms with Crippen LogP contribution in [0.15, 0.2) is 0 Å². The van der Waals surface area contributed by atoms with E-state index in [-0.39, 0.29) is 0 Å². The van der Waals surface area contributed by atoms with Crippen LogP contribution in [-0.2, 0) is 4.74 Å². The first kappa shape index (κ1) is 7.38. The second-order valence-corrected chi connectivity index (χ2v) is 3.19. The fourth-order valence-corrected chi connectivity index (χ4v) is 1.61. The van der Waals surface area contributed by atoms with E-state index < -0.39 is 0 Å². The van der Waals surface area contributed by atoms with Crippen LogP contribution in [0.2, 0.25) is 0 Å². The first-order valence-electron chi connectivity index (χ1n) is 3.28. The van der Waals surface area contributed by atoms with E-state index in [2.05, 4.69) is 26.7 Å². The molecule has 2 nitrogen and oxygen atoms in total. The Morgan fingerprint density at radius 1 is 1.33 bits per heavy atom. The number of hydrogen-bond donors (Lipinski definition) is 1. The molecule has 0 radical (unpaired) electrons. The predicted octanol–water partition coefficient (Wildman–Crippen LogP) is 0.940. The van der Waals surface area contributed by atoms with Gasteiger partial charge in [0.2, 0.25) is 0 Å². The number of hydrogen-bond acceptors (Lipinski definition) is 3. The van der Waals surface area contributed by atoms with Gasteiger partial charge < -0.3 is 4.74 Å². The topological polar surface area (TPSA) is 12.5 Å². The van der Waals surface area contributed by atoms with Crippen molar-refractivity contribution in [2.45, 2.75) is 26.1 Å². The summed E-state index contributed by atoms with van der Waals surface area (Å²) in [4.78, 5) is 0. The van der Waals surface area contributed by atoms with Gasteiger partial charge in [0.1, 0.15) is 0 Å². The Morgan fingerprint density at radius 2 is 1.78 bits per heavy atom. The van der Waals surface area contributed by atoms with Crippen molar-refractivity contribution < 1.29 is 4.74 Å². The minimum absolute atomic E-state index is 0.339. The Morgan fingerprint density at radius 3 is 2.11 bits per heavy atom. The van der Waals surface area contributed by atoms with Gasteiger partial charge in [0.25, 0.3) is 0 Å². The molecule has 0 saturated carbocycles. The van der Waals surface area contributed by atoms with Gasteiger partial charge in [-0.1, -0.05) is 12.8 Å². The summed E-state index contributed by atoms with van der Waals surface area (Å²) in [5.41, 5.74) is 0. The Balaban J connectivity index is 2.34.